The molecule has 0 heterocycles. The van der Waals surface area contributed by atoms with Gasteiger partial charge in [0.1, 0.15) is 0 Å². The summed E-state index contributed by atoms with van der Waals surface area (Å²) >= 11 is 11.6. The molecule has 4 aromatic rings. The Labute approximate surface area is 244 Å². The molecule has 0 saturated carbocycles. The number of halogens is 8. The Kier molecular flexibility index (Phi) is 6.93. The lowest BCUT2D eigenvalue weighted by Crippen LogP contribution is -2.41. The van der Waals surface area contributed by atoms with E-state index in [2.05, 4.69) is 0 Å². The van der Waals surface area contributed by atoms with Crippen LogP contribution in [-0.4, -0.2) is 33.6 Å². The van der Waals surface area contributed by atoms with Crippen LogP contribution in [-0.2, 0) is 11.2 Å². The standard InChI is InChI=1S/C15H8ClF3O3.C15H10ClF3O/c16-7-5-9(13(20)21)12-8-3-1-2-4-10(8)14(22,11(12)6-7)15(17,18)19;1-8-6-9(16)7-12-13(8)10-4-2-3-5-11(10)14(12,20)15(17,18)19/h1-6,22H,(H,20,21);2-7,20H,1H3. The quantitative estimate of drug-likeness (QED) is 0.186. The Bertz CT molecular complexity index is 1770. The highest BCUT2D eigenvalue weighted by atomic mass is 35.5. The predicted molar refractivity (Wildman–Crippen MR) is 144 cm³/mol. The van der Waals surface area contributed by atoms with Gasteiger partial charge in [-0.3, -0.25) is 0 Å². The van der Waals surface area contributed by atoms with Gasteiger partial charge in [0.25, 0.3) is 0 Å². The fourth-order valence-corrected chi connectivity index (χ4v) is 6.16. The minimum absolute atomic E-state index is 0.0337. The van der Waals surface area contributed by atoms with E-state index in [1.807, 2.05) is 0 Å². The number of benzene rings is 4. The topological polar surface area (TPSA) is 77.8 Å². The van der Waals surface area contributed by atoms with Crippen LogP contribution in [0.3, 0.4) is 0 Å². The molecule has 42 heavy (non-hydrogen) atoms. The van der Waals surface area contributed by atoms with Gasteiger partial charge in [-0.2, -0.15) is 26.3 Å². The average molecular weight is 627 g/mol. The molecule has 6 rings (SSSR count). The zero-order valence-corrected chi connectivity index (χ0v) is 22.7. The van der Waals surface area contributed by atoms with Crippen LogP contribution in [0.5, 0.6) is 0 Å². The number of carboxylic acid groups (broad SMARTS) is 1. The first kappa shape index (κ1) is 29.9. The molecule has 2 aliphatic carbocycles. The van der Waals surface area contributed by atoms with Gasteiger partial charge in [-0.15, -0.1) is 0 Å². The SMILES string of the molecule is Cc1cc(Cl)cc2c1-c1ccccc1C2(O)C(F)(F)F.O=C(O)c1cc(Cl)cc2c1-c1ccccc1C2(O)C(F)(F)F. The number of carbonyl (C=O) groups is 1. The van der Waals surface area contributed by atoms with Crippen molar-refractivity contribution < 1.29 is 46.5 Å². The van der Waals surface area contributed by atoms with E-state index in [1.165, 1.54) is 36.4 Å². The zero-order chi connectivity index (χ0) is 31.0. The summed E-state index contributed by atoms with van der Waals surface area (Å²) in [5.41, 5.74) is -6.68. The first-order valence-electron chi connectivity index (χ1n) is 12.1. The molecule has 0 amide bonds. The summed E-state index contributed by atoms with van der Waals surface area (Å²) < 4.78 is 81.0. The van der Waals surface area contributed by atoms with Crippen LogP contribution in [0.4, 0.5) is 26.3 Å². The molecule has 2 unspecified atom stereocenters. The zero-order valence-electron chi connectivity index (χ0n) is 21.2. The third kappa shape index (κ3) is 4.19. The van der Waals surface area contributed by atoms with Gasteiger partial charge >= 0.3 is 18.3 Å². The average Bonchev–Trinajstić information content (AvgIpc) is 3.32. The summed E-state index contributed by atoms with van der Waals surface area (Å²) in [6, 6.07) is 16.1. The van der Waals surface area contributed by atoms with Crippen LogP contribution in [0.2, 0.25) is 10.0 Å². The molecule has 0 radical (unpaired) electrons. The fraction of sp³-hybridized carbons (Fsp3) is 0.167. The summed E-state index contributed by atoms with van der Waals surface area (Å²) in [5.74, 6) is -1.42. The maximum absolute atomic E-state index is 13.5. The maximum atomic E-state index is 13.5. The molecular formula is C30H18Cl2F6O4. The molecule has 0 aromatic heterocycles. The molecule has 0 aliphatic heterocycles. The van der Waals surface area contributed by atoms with Crippen molar-refractivity contribution in [3.05, 3.63) is 116 Å². The summed E-state index contributed by atoms with van der Waals surface area (Å²) in [4.78, 5) is 11.4. The summed E-state index contributed by atoms with van der Waals surface area (Å²) in [6.07, 6.45) is -9.83. The predicted octanol–water partition coefficient (Wildman–Crippen LogP) is 8.24. The summed E-state index contributed by atoms with van der Waals surface area (Å²) in [6.45, 7) is 1.68. The van der Waals surface area contributed by atoms with E-state index < -0.39 is 40.7 Å². The van der Waals surface area contributed by atoms with Crippen LogP contribution < -0.4 is 0 Å². The Morgan fingerprint density at radius 2 is 1.07 bits per heavy atom. The highest BCUT2D eigenvalue weighted by Gasteiger charge is 2.62. The number of hydrogen-bond acceptors (Lipinski definition) is 3. The highest BCUT2D eigenvalue weighted by Crippen LogP contribution is 2.57. The molecule has 2 aliphatic rings. The second-order valence-corrected chi connectivity index (χ2v) is 10.7. The molecule has 12 heteroatoms. The third-order valence-corrected chi connectivity index (χ3v) is 7.84. The van der Waals surface area contributed by atoms with Gasteiger partial charge in [0.15, 0.2) is 0 Å². The number of aliphatic hydroxyl groups is 2. The number of rotatable bonds is 1. The van der Waals surface area contributed by atoms with Crippen molar-refractivity contribution in [1.29, 1.82) is 0 Å². The first-order valence-corrected chi connectivity index (χ1v) is 12.9. The summed E-state index contributed by atoms with van der Waals surface area (Å²) in [7, 11) is 0. The molecule has 2 atom stereocenters. The van der Waals surface area contributed by atoms with Crippen molar-refractivity contribution in [3.63, 3.8) is 0 Å². The number of alkyl halides is 6. The lowest BCUT2D eigenvalue weighted by atomic mass is 9.90. The van der Waals surface area contributed by atoms with Gasteiger partial charge in [-0.1, -0.05) is 71.7 Å². The lowest BCUT2D eigenvalue weighted by molar-refractivity contribution is -0.247. The van der Waals surface area contributed by atoms with E-state index in [0.29, 0.717) is 16.7 Å². The van der Waals surface area contributed by atoms with Crippen LogP contribution in [0.1, 0.15) is 38.2 Å². The van der Waals surface area contributed by atoms with Gasteiger partial charge in [-0.25, -0.2) is 4.79 Å². The Morgan fingerprint density at radius 1 is 0.667 bits per heavy atom. The second kappa shape index (κ2) is 9.74. The monoisotopic (exact) mass is 626 g/mol. The first-order chi connectivity index (χ1) is 19.4. The summed E-state index contributed by atoms with van der Waals surface area (Å²) in [5, 5.41) is 30.0. The van der Waals surface area contributed by atoms with Crippen LogP contribution in [0, 0.1) is 6.92 Å². The van der Waals surface area contributed by atoms with Crippen LogP contribution in [0.15, 0.2) is 72.8 Å². The number of carboxylic acids is 1. The lowest BCUT2D eigenvalue weighted by Gasteiger charge is -2.28. The third-order valence-electron chi connectivity index (χ3n) is 7.41. The van der Waals surface area contributed by atoms with E-state index in [0.717, 1.165) is 18.2 Å². The van der Waals surface area contributed by atoms with Gasteiger partial charge in [-0.05, 0) is 53.4 Å². The van der Waals surface area contributed by atoms with Crippen LogP contribution in [0.25, 0.3) is 22.3 Å². The van der Waals surface area contributed by atoms with Crippen molar-refractivity contribution in [2.45, 2.75) is 30.5 Å². The van der Waals surface area contributed by atoms with Gasteiger partial charge in [0, 0.05) is 37.9 Å². The largest absolute Gasteiger partial charge is 0.478 e. The molecule has 0 spiro atoms. The number of aryl methyl sites for hydroxylation is 1. The van der Waals surface area contributed by atoms with Gasteiger partial charge in [0.05, 0.1) is 5.56 Å². The molecule has 0 saturated heterocycles. The van der Waals surface area contributed by atoms with Crippen molar-refractivity contribution >= 4 is 29.2 Å². The van der Waals surface area contributed by atoms with E-state index in [4.69, 9.17) is 23.2 Å². The Hall–Kier alpha value is -3.57. The highest BCUT2D eigenvalue weighted by molar-refractivity contribution is 6.31. The molecule has 0 bridgehead atoms. The normalized spacial score (nSPS) is 20.2. The molecular weight excluding hydrogens is 609 g/mol. The van der Waals surface area contributed by atoms with E-state index in [9.17, 15) is 46.5 Å². The number of hydrogen-bond donors (Lipinski definition) is 3. The van der Waals surface area contributed by atoms with Crippen LogP contribution >= 0.6 is 23.2 Å². The second-order valence-electron chi connectivity index (χ2n) is 9.83. The minimum Gasteiger partial charge on any atom is -0.478 e. The van der Waals surface area contributed by atoms with Crippen molar-refractivity contribution in [1.82, 2.24) is 0 Å². The van der Waals surface area contributed by atoms with Crippen molar-refractivity contribution in [3.8, 4) is 22.3 Å². The maximum Gasteiger partial charge on any atom is 0.425 e. The smallest absolute Gasteiger partial charge is 0.425 e. The van der Waals surface area contributed by atoms with E-state index in [1.54, 1.807) is 25.1 Å². The Morgan fingerprint density at radius 3 is 1.52 bits per heavy atom. The van der Waals surface area contributed by atoms with E-state index in [-0.39, 0.29) is 37.9 Å². The molecule has 4 nitrogen and oxygen atoms in total. The van der Waals surface area contributed by atoms with Gasteiger partial charge in [0.2, 0.25) is 11.2 Å². The fourth-order valence-electron chi connectivity index (χ4n) is 5.67. The molecule has 0 fully saturated rings. The number of aromatic carboxylic acids is 1. The Balaban J connectivity index is 0.000000169. The van der Waals surface area contributed by atoms with Gasteiger partial charge < -0.3 is 15.3 Å². The molecule has 4 aromatic carbocycles. The van der Waals surface area contributed by atoms with Crippen molar-refractivity contribution in [2.75, 3.05) is 0 Å². The molecule has 3 N–H and O–H groups in total. The molecule has 218 valence electrons. The number of fused-ring (bicyclic) bond motifs is 6. The minimum atomic E-state index is -5.02. The van der Waals surface area contributed by atoms with Crippen molar-refractivity contribution in [2.24, 2.45) is 0 Å². The van der Waals surface area contributed by atoms with E-state index >= 15 is 0 Å².